The standard InChI is InChI=1S/C12H21NO5S2/c1-2-3-9(6-12(15)16)13-11(14)7-19-10-4-5-20(17,18)8-10/h9-10H,2-8H2,1H3,(H,13,14)(H,15,16). The third kappa shape index (κ3) is 6.60. The number of sulfone groups is 1. The van der Waals surface area contributed by atoms with E-state index >= 15 is 0 Å². The lowest BCUT2D eigenvalue weighted by molar-refractivity contribution is -0.137. The van der Waals surface area contributed by atoms with Crippen LogP contribution in [0.5, 0.6) is 0 Å². The van der Waals surface area contributed by atoms with Gasteiger partial charge in [0.15, 0.2) is 9.84 Å². The van der Waals surface area contributed by atoms with E-state index in [9.17, 15) is 18.0 Å². The van der Waals surface area contributed by atoms with Crippen molar-refractivity contribution in [1.29, 1.82) is 0 Å². The van der Waals surface area contributed by atoms with Gasteiger partial charge in [-0.25, -0.2) is 8.42 Å². The van der Waals surface area contributed by atoms with Crippen LogP contribution in [0.15, 0.2) is 0 Å². The molecule has 116 valence electrons. The van der Waals surface area contributed by atoms with Gasteiger partial charge < -0.3 is 10.4 Å². The second-order valence-corrected chi connectivity index (χ2v) is 8.50. The van der Waals surface area contributed by atoms with Crippen LogP contribution in [0.4, 0.5) is 0 Å². The van der Waals surface area contributed by atoms with E-state index in [-0.39, 0.29) is 40.9 Å². The van der Waals surface area contributed by atoms with Crippen LogP contribution in [0, 0.1) is 0 Å². The van der Waals surface area contributed by atoms with Gasteiger partial charge in [-0.3, -0.25) is 9.59 Å². The topological polar surface area (TPSA) is 101 Å². The molecule has 1 heterocycles. The molecule has 1 rings (SSSR count). The number of rotatable bonds is 8. The highest BCUT2D eigenvalue weighted by molar-refractivity contribution is 8.02. The molecule has 0 saturated carbocycles. The fourth-order valence-corrected chi connectivity index (χ4v) is 5.59. The fourth-order valence-electron chi connectivity index (χ4n) is 2.14. The highest BCUT2D eigenvalue weighted by Crippen LogP contribution is 2.24. The number of hydrogen-bond donors (Lipinski definition) is 2. The van der Waals surface area contributed by atoms with Crippen molar-refractivity contribution in [3.05, 3.63) is 0 Å². The Morgan fingerprint density at radius 1 is 1.45 bits per heavy atom. The molecule has 2 unspecified atom stereocenters. The van der Waals surface area contributed by atoms with Crippen LogP contribution in [0.25, 0.3) is 0 Å². The number of carboxylic acid groups (broad SMARTS) is 1. The van der Waals surface area contributed by atoms with E-state index in [2.05, 4.69) is 5.32 Å². The number of aliphatic carboxylic acids is 1. The number of carboxylic acids is 1. The molecular formula is C12H21NO5S2. The Morgan fingerprint density at radius 2 is 2.15 bits per heavy atom. The zero-order chi connectivity index (χ0) is 15.2. The van der Waals surface area contributed by atoms with Gasteiger partial charge in [0.05, 0.1) is 23.7 Å². The Labute approximate surface area is 123 Å². The molecule has 0 bridgehead atoms. The molecule has 1 aliphatic rings. The Hall–Kier alpha value is -0.760. The van der Waals surface area contributed by atoms with Crippen molar-refractivity contribution in [2.24, 2.45) is 0 Å². The molecule has 0 aliphatic carbocycles. The minimum Gasteiger partial charge on any atom is -0.481 e. The maximum atomic E-state index is 11.8. The summed E-state index contributed by atoms with van der Waals surface area (Å²) in [5.74, 6) is -0.639. The Balaban J connectivity index is 2.33. The van der Waals surface area contributed by atoms with Crippen LogP contribution in [0.3, 0.4) is 0 Å². The molecule has 1 amide bonds. The van der Waals surface area contributed by atoms with Crippen LogP contribution in [-0.2, 0) is 19.4 Å². The molecule has 1 saturated heterocycles. The van der Waals surface area contributed by atoms with Gasteiger partial charge in [-0.1, -0.05) is 13.3 Å². The van der Waals surface area contributed by atoms with Crippen LogP contribution in [0.2, 0.25) is 0 Å². The number of carbonyl (C=O) groups is 2. The van der Waals surface area contributed by atoms with Gasteiger partial charge >= 0.3 is 5.97 Å². The van der Waals surface area contributed by atoms with Gasteiger partial charge in [0, 0.05) is 11.3 Å². The van der Waals surface area contributed by atoms with E-state index < -0.39 is 15.8 Å². The van der Waals surface area contributed by atoms with Crippen molar-refractivity contribution in [2.75, 3.05) is 17.3 Å². The van der Waals surface area contributed by atoms with E-state index in [1.807, 2.05) is 6.92 Å². The Bertz CT molecular complexity index is 449. The molecule has 2 N–H and O–H groups in total. The summed E-state index contributed by atoms with van der Waals surface area (Å²) in [6.45, 7) is 1.93. The predicted octanol–water partition coefficient (Wildman–Crippen LogP) is 0.666. The predicted molar refractivity (Wildman–Crippen MR) is 78.6 cm³/mol. The largest absolute Gasteiger partial charge is 0.481 e. The average molecular weight is 323 g/mol. The van der Waals surface area contributed by atoms with Crippen molar-refractivity contribution >= 4 is 33.5 Å². The molecule has 0 spiro atoms. The zero-order valence-electron chi connectivity index (χ0n) is 11.5. The number of amides is 1. The highest BCUT2D eigenvalue weighted by Gasteiger charge is 2.28. The summed E-state index contributed by atoms with van der Waals surface area (Å²) in [5.41, 5.74) is 0. The first-order valence-electron chi connectivity index (χ1n) is 6.65. The van der Waals surface area contributed by atoms with E-state index in [0.29, 0.717) is 12.8 Å². The molecule has 6 nitrogen and oxygen atoms in total. The van der Waals surface area contributed by atoms with Crippen molar-refractivity contribution < 1.29 is 23.1 Å². The molecule has 2 atom stereocenters. The van der Waals surface area contributed by atoms with Gasteiger partial charge in [-0.15, -0.1) is 11.8 Å². The normalized spacial score (nSPS) is 22.4. The summed E-state index contributed by atoms with van der Waals surface area (Å²) < 4.78 is 22.6. The molecule has 1 aliphatic heterocycles. The van der Waals surface area contributed by atoms with E-state index in [0.717, 1.165) is 6.42 Å². The second kappa shape index (κ2) is 7.87. The Morgan fingerprint density at radius 3 is 2.65 bits per heavy atom. The quantitative estimate of drug-likeness (QED) is 0.681. The molecule has 8 heteroatoms. The average Bonchev–Trinajstić information content (AvgIpc) is 2.66. The number of hydrogen-bond acceptors (Lipinski definition) is 5. The van der Waals surface area contributed by atoms with E-state index in [1.165, 1.54) is 11.8 Å². The number of carbonyl (C=O) groups excluding carboxylic acids is 1. The zero-order valence-corrected chi connectivity index (χ0v) is 13.1. The van der Waals surface area contributed by atoms with Gasteiger partial charge in [0.2, 0.25) is 5.91 Å². The SMILES string of the molecule is CCCC(CC(=O)O)NC(=O)CSC1CCS(=O)(=O)C1. The summed E-state index contributed by atoms with van der Waals surface area (Å²) in [7, 11) is -2.92. The van der Waals surface area contributed by atoms with E-state index in [4.69, 9.17) is 5.11 Å². The maximum absolute atomic E-state index is 11.8. The first kappa shape index (κ1) is 17.3. The summed E-state index contributed by atoms with van der Waals surface area (Å²) >= 11 is 1.33. The van der Waals surface area contributed by atoms with Gasteiger partial charge in [-0.05, 0) is 12.8 Å². The van der Waals surface area contributed by atoms with Gasteiger partial charge in [0.1, 0.15) is 0 Å². The first-order chi connectivity index (χ1) is 9.32. The summed E-state index contributed by atoms with van der Waals surface area (Å²) in [5, 5.41) is 11.4. The summed E-state index contributed by atoms with van der Waals surface area (Å²) in [4.78, 5) is 22.4. The Kier molecular flexibility index (Phi) is 6.81. The molecule has 20 heavy (non-hydrogen) atoms. The van der Waals surface area contributed by atoms with Crippen molar-refractivity contribution in [1.82, 2.24) is 5.32 Å². The summed E-state index contributed by atoms with van der Waals surface area (Å²) in [6.07, 6.45) is 1.93. The first-order valence-corrected chi connectivity index (χ1v) is 9.52. The molecular weight excluding hydrogens is 302 g/mol. The maximum Gasteiger partial charge on any atom is 0.305 e. The number of thioether (sulfide) groups is 1. The lowest BCUT2D eigenvalue weighted by Gasteiger charge is -2.16. The van der Waals surface area contributed by atoms with Crippen molar-refractivity contribution in [3.63, 3.8) is 0 Å². The number of nitrogens with one attached hydrogen (secondary N) is 1. The summed E-state index contributed by atoms with van der Waals surface area (Å²) in [6, 6.07) is -0.349. The van der Waals surface area contributed by atoms with Gasteiger partial charge in [-0.2, -0.15) is 0 Å². The van der Waals surface area contributed by atoms with Gasteiger partial charge in [0.25, 0.3) is 0 Å². The van der Waals surface area contributed by atoms with E-state index in [1.54, 1.807) is 0 Å². The highest BCUT2D eigenvalue weighted by atomic mass is 32.2. The van der Waals surface area contributed by atoms with Crippen LogP contribution < -0.4 is 5.32 Å². The third-order valence-corrected chi connectivity index (χ3v) is 6.35. The van der Waals surface area contributed by atoms with Crippen molar-refractivity contribution in [2.45, 2.75) is 43.9 Å². The monoisotopic (exact) mass is 323 g/mol. The third-order valence-electron chi connectivity index (χ3n) is 3.06. The molecule has 0 aromatic heterocycles. The molecule has 1 fully saturated rings. The lowest BCUT2D eigenvalue weighted by Crippen LogP contribution is -2.37. The minimum absolute atomic E-state index is 0.0187. The smallest absolute Gasteiger partial charge is 0.305 e. The van der Waals surface area contributed by atoms with Crippen molar-refractivity contribution in [3.8, 4) is 0 Å². The minimum atomic E-state index is -2.92. The van der Waals surface area contributed by atoms with Crippen LogP contribution in [0.1, 0.15) is 32.6 Å². The molecule has 0 aromatic carbocycles. The fraction of sp³-hybridized carbons (Fsp3) is 0.833. The van der Waals surface area contributed by atoms with Crippen LogP contribution in [-0.4, -0.2) is 54.0 Å². The van der Waals surface area contributed by atoms with Crippen LogP contribution >= 0.6 is 11.8 Å². The second-order valence-electron chi connectivity index (χ2n) is 4.99. The molecule has 0 radical (unpaired) electrons. The molecule has 0 aromatic rings. The lowest BCUT2D eigenvalue weighted by atomic mass is 10.1.